The summed E-state index contributed by atoms with van der Waals surface area (Å²) in [5.74, 6) is 0.845. The number of benzene rings is 2. The number of para-hydroxylation sites is 1. The third-order valence-corrected chi connectivity index (χ3v) is 4.93. The van der Waals surface area contributed by atoms with Gasteiger partial charge in [-0.3, -0.25) is 9.69 Å². The number of nitrogens with one attached hydrogen (secondary N) is 1. The molecule has 1 aliphatic rings. The first-order chi connectivity index (χ1) is 14.5. The fraction of sp³-hybridized carbons (Fsp3) is 0.391. The Morgan fingerprint density at radius 1 is 1.03 bits per heavy atom. The largest absolute Gasteiger partial charge is 0.490 e. The molecule has 30 heavy (non-hydrogen) atoms. The van der Waals surface area contributed by atoms with Crippen molar-refractivity contribution in [1.82, 2.24) is 4.90 Å². The maximum atomic E-state index is 12.6. The number of ether oxygens (including phenoxy) is 3. The molecule has 7 nitrogen and oxygen atoms in total. The van der Waals surface area contributed by atoms with Gasteiger partial charge in [0.2, 0.25) is 5.91 Å². The minimum Gasteiger partial charge on any atom is -0.490 e. The number of carbonyl (C=O) groups is 2. The van der Waals surface area contributed by atoms with E-state index < -0.39 is 5.97 Å². The number of hydrogen-bond acceptors (Lipinski definition) is 6. The van der Waals surface area contributed by atoms with Gasteiger partial charge in [-0.25, -0.2) is 4.79 Å². The van der Waals surface area contributed by atoms with E-state index in [0.717, 1.165) is 30.0 Å². The zero-order chi connectivity index (χ0) is 21.5. The minimum absolute atomic E-state index is 0.175. The van der Waals surface area contributed by atoms with Gasteiger partial charge < -0.3 is 19.5 Å². The number of carbonyl (C=O) groups excluding carboxylic acids is 2. The Labute approximate surface area is 176 Å². The van der Waals surface area contributed by atoms with Gasteiger partial charge in [0.05, 0.1) is 38.1 Å². The number of anilines is 1. The van der Waals surface area contributed by atoms with Crippen molar-refractivity contribution in [3.8, 4) is 11.5 Å². The Morgan fingerprint density at radius 2 is 1.70 bits per heavy atom. The molecule has 1 N–H and O–H groups in total. The van der Waals surface area contributed by atoms with E-state index in [9.17, 15) is 9.59 Å². The maximum Gasteiger partial charge on any atom is 0.339 e. The van der Waals surface area contributed by atoms with Crippen LogP contribution in [0, 0.1) is 0 Å². The number of esters is 1. The molecular formula is C23H28N2O5. The first-order valence-electron chi connectivity index (χ1n) is 10.2. The quantitative estimate of drug-likeness (QED) is 0.671. The third kappa shape index (κ3) is 5.10. The predicted molar refractivity (Wildman–Crippen MR) is 114 cm³/mol. The lowest BCUT2D eigenvalue weighted by Crippen LogP contribution is -2.37. The summed E-state index contributed by atoms with van der Waals surface area (Å²) in [5, 5.41) is 2.83. The second kappa shape index (κ2) is 10.1. The third-order valence-electron chi connectivity index (χ3n) is 4.93. The topological polar surface area (TPSA) is 77.1 Å². The molecule has 0 fully saturated rings. The maximum absolute atomic E-state index is 12.6. The number of amides is 1. The second-order valence-electron chi connectivity index (χ2n) is 6.98. The van der Waals surface area contributed by atoms with Crippen LogP contribution in [0.3, 0.4) is 0 Å². The fourth-order valence-electron chi connectivity index (χ4n) is 3.57. The normalized spacial score (nSPS) is 13.3. The summed E-state index contributed by atoms with van der Waals surface area (Å²) < 4.78 is 16.2. The van der Waals surface area contributed by atoms with Gasteiger partial charge in [0, 0.05) is 13.1 Å². The van der Waals surface area contributed by atoms with Crippen molar-refractivity contribution in [2.75, 3.05) is 38.7 Å². The molecule has 0 radical (unpaired) electrons. The van der Waals surface area contributed by atoms with Crippen molar-refractivity contribution in [2.24, 2.45) is 0 Å². The van der Waals surface area contributed by atoms with Crippen LogP contribution >= 0.6 is 0 Å². The van der Waals surface area contributed by atoms with E-state index in [0.29, 0.717) is 31.0 Å². The first-order valence-corrected chi connectivity index (χ1v) is 10.2. The van der Waals surface area contributed by atoms with Crippen LogP contribution in [0.15, 0.2) is 36.4 Å². The summed E-state index contributed by atoms with van der Waals surface area (Å²) in [5.41, 5.74) is 3.14. The number of rotatable bonds is 8. The molecule has 2 aromatic carbocycles. The predicted octanol–water partition coefficient (Wildman–Crippen LogP) is 3.27. The van der Waals surface area contributed by atoms with Crippen LogP contribution < -0.4 is 14.8 Å². The lowest BCUT2D eigenvalue weighted by Gasteiger charge is -2.29. The number of nitrogens with zero attached hydrogens (tertiary/aromatic N) is 1. The highest BCUT2D eigenvalue weighted by molar-refractivity contribution is 6.01. The molecule has 2 aromatic rings. The highest BCUT2D eigenvalue weighted by atomic mass is 16.5. The van der Waals surface area contributed by atoms with Crippen LogP contribution in [-0.2, 0) is 22.5 Å². The fourth-order valence-corrected chi connectivity index (χ4v) is 3.57. The van der Waals surface area contributed by atoms with Gasteiger partial charge in [-0.1, -0.05) is 12.1 Å². The number of fused-ring (bicyclic) bond motifs is 1. The van der Waals surface area contributed by atoms with Crippen molar-refractivity contribution in [3.63, 3.8) is 0 Å². The molecule has 0 aromatic heterocycles. The summed E-state index contributed by atoms with van der Waals surface area (Å²) >= 11 is 0. The summed E-state index contributed by atoms with van der Waals surface area (Å²) in [6.07, 6.45) is 0.827. The molecule has 7 heteroatoms. The van der Waals surface area contributed by atoms with Gasteiger partial charge in [0.25, 0.3) is 0 Å². The molecule has 0 bridgehead atoms. The lowest BCUT2D eigenvalue weighted by molar-refractivity contribution is -0.117. The molecule has 3 rings (SSSR count). The van der Waals surface area contributed by atoms with Gasteiger partial charge in [-0.2, -0.15) is 0 Å². The summed E-state index contributed by atoms with van der Waals surface area (Å²) in [7, 11) is 1.32. The van der Waals surface area contributed by atoms with Gasteiger partial charge in [-0.05, 0) is 55.7 Å². The Bertz CT molecular complexity index is 912. The average Bonchev–Trinajstić information content (AvgIpc) is 2.74. The van der Waals surface area contributed by atoms with Crippen LogP contribution in [0.2, 0.25) is 0 Å². The van der Waals surface area contributed by atoms with Crippen molar-refractivity contribution in [1.29, 1.82) is 0 Å². The number of hydrogen-bond donors (Lipinski definition) is 1. The van der Waals surface area contributed by atoms with Crippen molar-refractivity contribution in [3.05, 3.63) is 53.1 Å². The SMILES string of the molecule is CCOc1cc2c(cc1OCC)CN(CC(=O)Nc1ccccc1C(=O)OC)CC2. The van der Waals surface area contributed by atoms with Crippen LogP contribution in [0.25, 0.3) is 0 Å². The monoisotopic (exact) mass is 412 g/mol. The van der Waals surface area contributed by atoms with E-state index >= 15 is 0 Å². The molecule has 0 saturated heterocycles. The molecule has 1 aliphatic heterocycles. The molecule has 0 atom stereocenters. The van der Waals surface area contributed by atoms with Crippen LogP contribution in [-0.4, -0.2) is 50.2 Å². The number of methoxy groups -OCH3 is 1. The molecule has 0 aliphatic carbocycles. The van der Waals surface area contributed by atoms with Crippen LogP contribution in [0.4, 0.5) is 5.69 Å². The molecule has 1 amide bonds. The smallest absolute Gasteiger partial charge is 0.339 e. The highest BCUT2D eigenvalue weighted by Crippen LogP contribution is 2.33. The van der Waals surface area contributed by atoms with Crippen molar-refractivity contribution < 1.29 is 23.8 Å². The molecule has 0 spiro atoms. The van der Waals surface area contributed by atoms with E-state index in [1.54, 1.807) is 24.3 Å². The van der Waals surface area contributed by atoms with E-state index in [2.05, 4.69) is 10.2 Å². The zero-order valence-corrected chi connectivity index (χ0v) is 17.7. The Hall–Kier alpha value is -3.06. The Morgan fingerprint density at radius 3 is 2.37 bits per heavy atom. The van der Waals surface area contributed by atoms with Gasteiger partial charge in [0.15, 0.2) is 11.5 Å². The zero-order valence-electron chi connectivity index (χ0n) is 17.7. The first kappa shape index (κ1) is 21.6. The lowest BCUT2D eigenvalue weighted by atomic mass is 9.98. The molecule has 0 saturated carbocycles. The molecule has 1 heterocycles. The molecular weight excluding hydrogens is 384 g/mol. The average molecular weight is 412 g/mol. The van der Waals surface area contributed by atoms with E-state index in [1.807, 2.05) is 26.0 Å². The summed E-state index contributed by atoms with van der Waals surface area (Å²) in [6.45, 7) is 6.67. The van der Waals surface area contributed by atoms with Crippen LogP contribution in [0.5, 0.6) is 11.5 Å². The van der Waals surface area contributed by atoms with Gasteiger partial charge in [0.1, 0.15) is 0 Å². The highest BCUT2D eigenvalue weighted by Gasteiger charge is 2.22. The molecule has 0 unspecified atom stereocenters. The van der Waals surface area contributed by atoms with E-state index in [-0.39, 0.29) is 12.5 Å². The van der Waals surface area contributed by atoms with Crippen molar-refractivity contribution in [2.45, 2.75) is 26.8 Å². The van der Waals surface area contributed by atoms with E-state index in [1.165, 1.54) is 12.7 Å². The van der Waals surface area contributed by atoms with Crippen molar-refractivity contribution >= 4 is 17.6 Å². The van der Waals surface area contributed by atoms with Crippen LogP contribution in [0.1, 0.15) is 35.3 Å². The van der Waals surface area contributed by atoms with Gasteiger partial charge in [-0.15, -0.1) is 0 Å². The van der Waals surface area contributed by atoms with Gasteiger partial charge >= 0.3 is 5.97 Å². The standard InChI is InChI=1S/C23H28N2O5/c1-4-29-20-12-16-10-11-25(14-17(16)13-21(20)30-5-2)15-22(26)24-19-9-7-6-8-18(19)23(27)28-3/h6-9,12-13H,4-5,10-11,14-15H2,1-3H3,(H,24,26). The summed E-state index contributed by atoms with van der Waals surface area (Å²) in [4.78, 5) is 26.6. The van der Waals surface area contributed by atoms with E-state index in [4.69, 9.17) is 14.2 Å². The second-order valence-corrected chi connectivity index (χ2v) is 6.98. The Kier molecular flexibility index (Phi) is 7.30. The molecule has 160 valence electrons. The Balaban J connectivity index is 1.68. The summed E-state index contributed by atoms with van der Waals surface area (Å²) in [6, 6.07) is 10.9. The minimum atomic E-state index is -0.480.